The van der Waals surface area contributed by atoms with E-state index in [1.165, 1.54) is 17.5 Å². The second-order valence-electron chi connectivity index (χ2n) is 10.3. The number of anilines is 1. The first-order chi connectivity index (χ1) is 18.5. The molecule has 0 saturated heterocycles. The van der Waals surface area contributed by atoms with Crippen molar-refractivity contribution < 1.29 is 14.6 Å². The van der Waals surface area contributed by atoms with E-state index in [-0.39, 0.29) is 12.5 Å². The first-order valence-electron chi connectivity index (χ1n) is 13.5. The van der Waals surface area contributed by atoms with Crippen molar-refractivity contribution in [3.05, 3.63) is 88.8 Å². The fourth-order valence-corrected chi connectivity index (χ4v) is 4.91. The average molecular weight is 516 g/mol. The molecule has 0 bridgehead atoms. The molecule has 1 aromatic heterocycles. The van der Waals surface area contributed by atoms with Gasteiger partial charge in [0.25, 0.3) is 5.91 Å². The summed E-state index contributed by atoms with van der Waals surface area (Å²) < 4.78 is 6.04. The monoisotopic (exact) mass is 515 g/mol. The van der Waals surface area contributed by atoms with Crippen molar-refractivity contribution >= 4 is 11.7 Å². The number of pyridine rings is 1. The lowest BCUT2D eigenvalue weighted by atomic mass is 9.93. The number of benzene rings is 1. The van der Waals surface area contributed by atoms with Crippen molar-refractivity contribution in [2.45, 2.75) is 50.8 Å². The van der Waals surface area contributed by atoms with Gasteiger partial charge in [-0.05, 0) is 61.1 Å². The molecule has 2 heterocycles. The summed E-state index contributed by atoms with van der Waals surface area (Å²) in [6.07, 6.45) is 14.2. The van der Waals surface area contributed by atoms with Gasteiger partial charge in [-0.2, -0.15) is 0 Å². The van der Waals surface area contributed by atoms with Crippen molar-refractivity contribution in [3.8, 4) is 5.75 Å². The van der Waals surface area contributed by atoms with Crippen molar-refractivity contribution in [2.75, 3.05) is 31.6 Å². The Morgan fingerprint density at radius 2 is 2.11 bits per heavy atom. The summed E-state index contributed by atoms with van der Waals surface area (Å²) >= 11 is 0. The minimum Gasteiger partial charge on any atom is -0.489 e. The fourth-order valence-electron chi connectivity index (χ4n) is 4.91. The topological polar surface area (TPSA) is 113 Å². The van der Waals surface area contributed by atoms with Crippen LogP contribution < -0.4 is 21.1 Å². The van der Waals surface area contributed by atoms with E-state index in [0.29, 0.717) is 24.8 Å². The number of nitrogens with two attached hydrogens (primary N) is 1. The van der Waals surface area contributed by atoms with Crippen molar-refractivity contribution in [1.29, 1.82) is 0 Å². The summed E-state index contributed by atoms with van der Waals surface area (Å²) in [5.74, 6) is 1.36. The lowest BCUT2D eigenvalue weighted by molar-refractivity contribution is 0.0841. The third-order valence-corrected chi connectivity index (χ3v) is 7.40. The second-order valence-corrected chi connectivity index (χ2v) is 10.3. The van der Waals surface area contributed by atoms with E-state index in [4.69, 9.17) is 10.5 Å². The number of amides is 1. The Labute approximate surface area is 224 Å². The number of carbonyl (C=O) groups excluding carboxylic acids is 1. The molecule has 2 aliphatic carbocycles. The Kier molecular flexibility index (Phi) is 8.41. The molecule has 1 fully saturated rings. The molecule has 8 heteroatoms. The van der Waals surface area contributed by atoms with Crippen molar-refractivity contribution in [1.82, 2.24) is 15.2 Å². The van der Waals surface area contributed by atoms with Crippen LogP contribution in [0.5, 0.6) is 5.75 Å². The molecule has 5 rings (SSSR count). The molecule has 1 aromatic carbocycles. The van der Waals surface area contributed by atoms with Gasteiger partial charge >= 0.3 is 0 Å². The molecule has 0 spiro atoms. The molecule has 1 atom stereocenters. The third-order valence-electron chi connectivity index (χ3n) is 7.40. The maximum atomic E-state index is 12.6. The number of aromatic nitrogens is 1. The van der Waals surface area contributed by atoms with Crippen LogP contribution >= 0.6 is 0 Å². The largest absolute Gasteiger partial charge is 0.489 e. The Bertz CT molecular complexity index is 1230. The number of ether oxygens (including phenoxy) is 1. The maximum Gasteiger partial charge on any atom is 0.251 e. The molecule has 38 heavy (non-hydrogen) atoms. The molecular weight excluding hydrogens is 478 g/mol. The van der Waals surface area contributed by atoms with E-state index < -0.39 is 6.10 Å². The predicted molar refractivity (Wildman–Crippen MR) is 149 cm³/mol. The van der Waals surface area contributed by atoms with E-state index in [0.717, 1.165) is 61.6 Å². The van der Waals surface area contributed by atoms with Crippen LogP contribution in [0.25, 0.3) is 0 Å². The Morgan fingerprint density at radius 1 is 1.21 bits per heavy atom. The first kappa shape index (κ1) is 26.0. The summed E-state index contributed by atoms with van der Waals surface area (Å²) in [5.41, 5.74) is 11.0. The van der Waals surface area contributed by atoms with Crippen LogP contribution in [-0.4, -0.2) is 59.3 Å². The van der Waals surface area contributed by atoms with Crippen LogP contribution in [0.4, 0.5) is 5.82 Å². The van der Waals surface area contributed by atoms with Gasteiger partial charge in [0.05, 0.1) is 6.10 Å². The lowest BCUT2D eigenvalue weighted by Gasteiger charge is -2.30. The van der Waals surface area contributed by atoms with Crippen LogP contribution in [-0.2, 0) is 13.0 Å². The number of nitrogens with one attached hydrogen (secondary N) is 2. The van der Waals surface area contributed by atoms with E-state index in [2.05, 4.69) is 32.7 Å². The number of aliphatic hydroxyl groups excluding tert-OH is 1. The van der Waals surface area contributed by atoms with Crippen LogP contribution in [0, 0.1) is 0 Å². The van der Waals surface area contributed by atoms with E-state index in [1.807, 2.05) is 30.4 Å². The maximum absolute atomic E-state index is 12.6. The Hall–Kier alpha value is -3.62. The molecule has 1 amide bonds. The van der Waals surface area contributed by atoms with Crippen LogP contribution in [0.3, 0.4) is 0 Å². The number of hydrogen-bond acceptors (Lipinski definition) is 7. The summed E-state index contributed by atoms with van der Waals surface area (Å²) in [6, 6.07) is 10.1. The molecule has 0 radical (unpaired) electrons. The number of nitrogens with zero attached hydrogens (tertiary/aromatic N) is 2. The average Bonchev–Trinajstić information content (AvgIpc) is 3.12. The molecule has 0 unspecified atom stereocenters. The van der Waals surface area contributed by atoms with Gasteiger partial charge in [-0.3, -0.25) is 9.69 Å². The highest BCUT2D eigenvalue weighted by molar-refractivity contribution is 5.94. The van der Waals surface area contributed by atoms with Crippen LogP contribution in [0.2, 0.25) is 0 Å². The molecule has 1 aliphatic heterocycles. The standard InChI is InChI=1S/C30H37N5O3/c31-28-8-3-1-2-5-24(28)20-38-27-10-9-23-18-35(14-12-21(23)15-27)19-26(36)17-33-30(37)22-11-13-32-29(16-22)34-25-6-4-7-25/h1-3,5,9-11,13,15-16,25-26,36H,4,6-8,12,14,17-20,31H2,(H,32,34)(H,33,37)/t26-/m0/s1. The van der Waals surface area contributed by atoms with E-state index >= 15 is 0 Å². The highest BCUT2D eigenvalue weighted by atomic mass is 16.5. The van der Waals surface area contributed by atoms with E-state index in [9.17, 15) is 9.90 Å². The van der Waals surface area contributed by atoms with Gasteiger partial charge in [-0.15, -0.1) is 0 Å². The van der Waals surface area contributed by atoms with Crippen molar-refractivity contribution in [3.63, 3.8) is 0 Å². The van der Waals surface area contributed by atoms with Gasteiger partial charge in [-0.1, -0.05) is 30.4 Å². The normalized spacial score (nSPS) is 18.3. The number of rotatable bonds is 10. The molecule has 1 saturated carbocycles. The minimum absolute atomic E-state index is 0.200. The first-order valence-corrected chi connectivity index (χ1v) is 13.5. The van der Waals surface area contributed by atoms with Crippen LogP contribution in [0.1, 0.15) is 47.2 Å². The van der Waals surface area contributed by atoms with Gasteiger partial charge < -0.3 is 26.2 Å². The number of carbonyl (C=O) groups is 1. The molecular formula is C30H37N5O3. The zero-order valence-corrected chi connectivity index (χ0v) is 21.7. The Morgan fingerprint density at radius 3 is 2.95 bits per heavy atom. The SMILES string of the molecule is NC1=C(COc2ccc3c(c2)CCN(C[C@@H](O)CNC(=O)c2ccnc(NC4CCC4)c2)C3)C=CC=CC1. The summed E-state index contributed by atoms with van der Waals surface area (Å²) in [4.78, 5) is 19.2. The summed E-state index contributed by atoms with van der Waals surface area (Å²) in [6.45, 7) is 2.75. The smallest absolute Gasteiger partial charge is 0.251 e. The Balaban J connectivity index is 1.07. The predicted octanol–water partition coefficient (Wildman–Crippen LogP) is 3.30. The summed E-state index contributed by atoms with van der Waals surface area (Å²) in [7, 11) is 0. The number of fused-ring (bicyclic) bond motifs is 1. The number of allylic oxidation sites excluding steroid dienone is 3. The second kappa shape index (κ2) is 12.3. The molecule has 8 nitrogen and oxygen atoms in total. The summed E-state index contributed by atoms with van der Waals surface area (Å²) in [5, 5.41) is 16.8. The highest BCUT2D eigenvalue weighted by Gasteiger charge is 2.21. The quantitative estimate of drug-likeness (QED) is 0.384. The van der Waals surface area contributed by atoms with Gasteiger partial charge in [-0.25, -0.2) is 4.98 Å². The number of hydrogen-bond donors (Lipinski definition) is 4. The van der Waals surface area contributed by atoms with Gasteiger partial charge in [0.15, 0.2) is 0 Å². The van der Waals surface area contributed by atoms with Crippen molar-refractivity contribution in [2.24, 2.45) is 5.73 Å². The van der Waals surface area contributed by atoms with Crippen LogP contribution in [0.15, 0.2) is 72.1 Å². The third kappa shape index (κ3) is 6.82. The fraction of sp³-hybridized carbons (Fsp3) is 0.400. The zero-order valence-electron chi connectivity index (χ0n) is 21.7. The molecule has 200 valence electrons. The molecule has 2 aromatic rings. The zero-order chi connectivity index (χ0) is 26.3. The van der Waals surface area contributed by atoms with E-state index in [1.54, 1.807) is 18.3 Å². The molecule has 5 N–H and O–H groups in total. The van der Waals surface area contributed by atoms with Gasteiger partial charge in [0, 0.05) is 61.7 Å². The number of β-amino-alcohol motifs (C(OH)–C–C–N with tert-alkyl or cyclic N) is 1. The van der Waals surface area contributed by atoms with Gasteiger partial charge in [0.2, 0.25) is 0 Å². The highest BCUT2D eigenvalue weighted by Crippen LogP contribution is 2.25. The molecule has 3 aliphatic rings. The van der Waals surface area contributed by atoms with Gasteiger partial charge in [0.1, 0.15) is 18.2 Å². The minimum atomic E-state index is -0.654. The lowest BCUT2D eigenvalue weighted by Crippen LogP contribution is -2.42. The number of aliphatic hydroxyl groups is 1.